The number of hydrogen-bond donors (Lipinski definition) is 1. The highest BCUT2D eigenvalue weighted by Crippen LogP contribution is 2.27. The molecule has 2 rings (SSSR count). The van der Waals surface area contributed by atoms with Crippen LogP contribution in [0.1, 0.15) is 43.4 Å². The minimum Gasteiger partial charge on any atom is -0.459 e. The first kappa shape index (κ1) is 12.8. The maximum Gasteiger partial charge on any atom is 0.134 e. The average molecular weight is 219 g/mol. The van der Waals surface area contributed by atoms with Crippen LogP contribution in [0.3, 0.4) is 0 Å². The van der Waals surface area contributed by atoms with E-state index in [1.165, 1.54) is 11.1 Å². The van der Waals surface area contributed by atoms with E-state index in [4.69, 9.17) is 4.42 Å². The molecule has 2 heterocycles. The molecule has 88 valence electrons. The SMILES string of the molecule is C=Cc1c(/C=C\C)oc2c1CCNC2.CC. The lowest BCUT2D eigenvalue weighted by molar-refractivity contribution is 0.458. The normalized spacial score (nSPS) is 14.2. The second-order valence-corrected chi connectivity index (χ2v) is 3.41. The molecule has 0 saturated heterocycles. The van der Waals surface area contributed by atoms with Crippen molar-refractivity contribution in [2.75, 3.05) is 6.54 Å². The Morgan fingerprint density at radius 1 is 1.38 bits per heavy atom. The van der Waals surface area contributed by atoms with E-state index in [-0.39, 0.29) is 0 Å². The number of nitrogens with one attached hydrogen (secondary N) is 1. The van der Waals surface area contributed by atoms with Gasteiger partial charge in [0.2, 0.25) is 0 Å². The molecule has 2 nitrogen and oxygen atoms in total. The molecule has 0 saturated carbocycles. The predicted molar refractivity (Wildman–Crippen MR) is 70.3 cm³/mol. The van der Waals surface area contributed by atoms with Gasteiger partial charge in [0, 0.05) is 11.1 Å². The molecule has 1 aliphatic rings. The van der Waals surface area contributed by atoms with Crippen LogP contribution in [0.2, 0.25) is 0 Å². The van der Waals surface area contributed by atoms with Gasteiger partial charge in [-0.05, 0) is 26.0 Å². The van der Waals surface area contributed by atoms with Crippen molar-refractivity contribution in [2.45, 2.75) is 33.7 Å². The van der Waals surface area contributed by atoms with Gasteiger partial charge in [-0.3, -0.25) is 0 Å². The molecule has 2 heteroatoms. The molecule has 0 radical (unpaired) electrons. The summed E-state index contributed by atoms with van der Waals surface area (Å²) < 4.78 is 5.75. The lowest BCUT2D eigenvalue weighted by Gasteiger charge is -2.11. The molecule has 1 aliphatic heterocycles. The Hall–Kier alpha value is -1.28. The van der Waals surface area contributed by atoms with Crippen molar-refractivity contribution in [3.05, 3.63) is 35.3 Å². The third-order valence-corrected chi connectivity index (χ3v) is 2.52. The fourth-order valence-corrected chi connectivity index (χ4v) is 1.88. The van der Waals surface area contributed by atoms with Gasteiger partial charge in [-0.25, -0.2) is 0 Å². The third kappa shape index (κ3) is 2.45. The first-order valence-electron chi connectivity index (χ1n) is 5.97. The summed E-state index contributed by atoms with van der Waals surface area (Å²) in [4.78, 5) is 0. The second-order valence-electron chi connectivity index (χ2n) is 3.41. The predicted octanol–water partition coefficient (Wildman–Crippen LogP) is 3.63. The van der Waals surface area contributed by atoms with E-state index in [0.717, 1.165) is 31.0 Å². The smallest absolute Gasteiger partial charge is 0.134 e. The van der Waals surface area contributed by atoms with Crippen LogP contribution in [0.15, 0.2) is 17.1 Å². The molecule has 1 N–H and O–H groups in total. The molecule has 0 bridgehead atoms. The van der Waals surface area contributed by atoms with Crippen molar-refractivity contribution >= 4 is 12.2 Å². The molecule has 0 spiro atoms. The topological polar surface area (TPSA) is 25.2 Å². The Bertz CT molecular complexity index is 374. The molecule has 0 atom stereocenters. The van der Waals surface area contributed by atoms with Gasteiger partial charge in [0.25, 0.3) is 0 Å². The van der Waals surface area contributed by atoms with Crippen LogP contribution in [0.4, 0.5) is 0 Å². The van der Waals surface area contributed by atoms with Crippen molar-refractivity contribution in [1.29, 1.82) is 0 Å². The highest BCUT2D eigenvalue weighted by Gasteiger charge is 2.18. The highest BCUT2D eigenvalue weighted by atomic mass is 16.3. The Morgan fingerprint density at radius 2 is 2.12 bits per heavy atom. The molecule has 0 aliphatic carbocycles. The van der Waals surface area contributed by atoms with Crippen LogP contribution in [-0.4, -0.2) is 6.54 Å². The largest absolute Gasteiger partial charge is 0.459 e. The van der Waals surface area contributed by atoms with E-state index < -0.39 is 0 Å². The van der Waals surface area contributed by atoms with Gasteiger partial charge in [0.15, 0.2) is 0 Å². The molecule has 1 aromatic rings. The fourth-order valence-electron chi connectivity index (χ4n) is 1.88. The van der Waals surface area contributed by atoms with Crippen molar-refractivity contribution in [2.24, 2.45) is 0 Å². The Kier molecular flexibility index (Phi) is 5.06. The summed E-state index contributed by atoms with van der Waals surface area (Å²) in [7, 11) is 0. The van der Waals surface area contributed by atoms with Crippen LogP contribution in [0, 0.1) is 0 Å². The zero-order valence-electron chi connectivity index (χ0n) is 10.5. The quantitative estimate of drug-likeness (QED) is 0.821. The van der Waals surface area contributed by atoms with Crippen molar-refractivity contribution in [1.82, 2.24) is 5.32 Å². The molecular weight excluding hydrogens is 198 g/mol. The maximum absolute atomic E-state index is 5.75. The first-order valence-corrected chi connectivity index (χ1v) is 5.97. The molecule has 0 fully saturated rings. The van der Waals surface area contributed by atoms with Crippen molar-refractivity contribution in [3.63, 3.8) is 0 Å². The zero-order valence-corrected chi connectivity index (χ0v) is 10.5. The number of allylic oxidation sites excluding steroid dienone is 1. The van der Waals surface area contributed by atoms with Gasteiger partial charge in [-0.1, -0.05) is 32.6 Å². The number of rotatable bonds is 2. The standard InChI is InChI=1S/C12H15NO.C2H6/c1-3-5-11-9(4-2)10-6-7-13-8-12(10)14-11;1-2/h3-5,13H,2,6-8H2,1H3;1-2H3/b5-3-;. The minimum absolute atomic E-state index is 0.841. The van der Waals surface area contributed by atoms with Gasteiger partial charge in [0.05, 0.1) is 6.54 Å². The Morgan fingerprint density at radius 3 is 2.75 bits per heavy atom. The molecule has 0 aromatic carbocycles. The number of hydrogen-bond acceptors (Lipinski definition) is 2. The summed E-state index contributed by atoms with van der Waals surface area (Å²) in [6.07, 6.45) is 6.92. The molecule has 0 unspecified atom stereocenters. The summed E-state index contributed by atoms with van der Waals surface area (Å²) in [5.41, 5.74) is 2.49. The second kappa shape index (κ2) is 6.33. The molecule has 16 heavy (non-hydrogen) atoms. The van der Waals surface area contributed by atoms with E-state index in [2.05, 4.69) is 11.9 Å². The Labute approximate surface area is 98.0 Å². The van der Waals surface area contributed by atoms with Crippen LogP contribution in [-0.2, 0) is 13.0 Å². The van der Waals surface area contributed by atoms with Crippen LogP contribution >= 0.6 is 0 Å². The van der Waals surface area contributed by atoms with Gasteiger partial charge in [-0.2, -0.15) is 0 Å². The van der Waals surface area contributed by atoms with E-state index >= 15 is 0 Å². The lowest BCUT2D eigenvalue weighted by Crippen LogP contribution is -2.22. The summed E-state index contributed by atoms with van der Waals surface area (Å²) in [6, 6.07) is 0. The summed E-state index contributed by atoms with van der Waals surface area (Å²) in [6.45, 7) is 11.7. The lowest BCUT2D eigenvalue weighted by atomic mass is 10.0. The van der Waals surface area contributed by atoms with Gasteiger partial charge < -0.3 is 9.73 Å². The van der Waals surface area contributed by atoms with Gasteiger partial charge in [0.1, 0.15) is 11.5 Å². The van der Waals surface area contributed by atoms with Crippen molar-refractivity contribution < 1.29 is 4.42 Å². The van der Waals surface area contributed by atoms with Gasteiger partial charge >= 0.3 is 0 Å². The molecule has 1 aromatic heterocycles. The maximum atomic E-state index is 5.75. The Balaban J connectivity index is 0.000000606. The molecule has 0 amide bonds. The van der Waals surface area contributed by atoms with Crippen LogP contribution in [0.5, 0.6) is 0 Å². The highest BCUT2D eigenvalue weighted by molar-refractivity contribution is 5.65. The number of furan rings is 1. The average Bonchev–Trinajstić information content (AvgIpc) is 2.69. The molecular formula is C14H21NO. The number of fused-ring (bicyclic) bond motifs is 1. The summed E-state index contributed by atoms with van der Waals surface area (Å²) >= 11 is 0. The minimum atomic E-state index is 0.841. The van der Waals surface area contributed by atoms with Crippen molar-refractivity contribution in [3.8, 4) is 0 Å². The summed E-state index contributed by atoms with van der Waals surface area (Å²) in [5.74, 6) is 2.01. The van der Waals surface area contributed by atoms with Crippen LogP contribution in [0.25, 0.3) is 12.2 Å². The van der Waals surface area contributed by atoms with Crippen LogP contribution < -0.4 is 5.32 Å². The van der Waals surface area contributed by atoms with Gasteiger partial charge in [-0.15, -0.1) is 0 Å². The first-order chi connectivity index (χ1) is 7.86. The monoisotopic (exact) mass is 219 g/mol. The van der Waals surface area contributed by atoms with E-state index in [1.54, 1.807) is 0 Å². The van der Waals surface area contributed by atoms with E-state index in [1.807, 2.05) is 39.0 Å². The van der Waals surface area contributed by atoms with E-state index in [0.29, 0.717) is 0 Å². The zero-order chi connectivity index (χ0) is 12.0. The van der Waals surface area contributed by atoms with E-state index in [9.17, 15) is 0 Å². The third-order valence-electron chi connectivity index (χ3n) is 2.52. The fraction of sp³-hybridized carbons (Fsp3) is 0.429. The summed E-state index contributed by atoms with van der Waals surface area (Å²) in [5, 5.41) is 3.30.